The van der Waals surface area contributed by atoms with Crippen molar-refractivity contribution in [1.82, 2.24) is 4.98 Å². The maximum absolute atomic E-state index is 13.0. The molecule has 0 radical (unpaired) electrons. The molecule has 3 nitrogen and oxygen atoms in total. The van der Waals surface area contributed by atoms with Gasteiger partial charge in [-0.3, -0.25) is 5.41 Å². The highest BCUT2D eigenvalue weighted by molar-refractivity contribution is 8.00. The summed E-state index contributed by atoms with van der Waals surface area (Å²) >= 11 is 4.65. The van der Waals surface area contributed by atoms with Gasteiger partial charge < -0.3 is 5.73 Å². The Bertz CT molecular complexity index is 827. The van der Waals surface area contributed by atoms with Gasteiger partial charge in [0.15, 0.2) is 0 Å². The fourth-order valence-electron chi connectivity index (χ4n) is 1.96. The van der Waals surface area contributed by atoms with Crippen LogP contribution in [0.3, 0.4) is 0 Å². The fourth-order valence-corrected chi connectivity index (χ4v) is 4.67. The summed E-state index contributed by atoms with van der Waals surface area (Å²) in [5.74, 6) is -0.185. The van der Waals surface area contributed by atoms with E-state index in [2.05, 4.69) is 4.98 Å². The first-order chi connectivity index (χ1) is 10.6. The number of thioether (sulfide) groups is 1. The molecule has 0 amide bonds. The number of thiazole rings is 1. The minimum atomic E-state index is -0.257. The second kappa shape index (κ2) is 7.44. The second-order valence-corrected chi connectivity index (χ2v) is 7.46. The van der Waals surface area contributed by atoms with Gasteiger partial charge in [0.25, 0.3) is 0 Å². The molecule has 2 aromatic heterocycles. The van der Waals surface area contributed by atoms with Crippen molar-refractivity contribution in [2.45, 2.75) is 4.21 Å². The topological polar surface area (TPSA) is 62.8 Å². The quantitative estimate of drug-likeness (QED) is 0.373. The molecule has 0 bridgehead atoms. The Morgan fingerprint density at radius 2 is 2.00 bits per heavy atom. The predicted octanol–water partition coefficient (Wildman–Crippen LogP) is 5.11. The number of amidine groups is 1. The van der Waals surface area contributed by atoms with Crippen LogP contribution in [0.1, 0.15) is 4.88 Å². The van der Waals surface area contributed by atoms with Crippen molar-refractivity contribution >= 4 is 52.7 Å². The summed E-state index contributed by atoms with van der Waals surface area (Å²) in [6.45, 7) is 0. The Kier molecular flexibility index (Phi) is 5.80. The van der Waals surface area contributed by atoms with Crippen molar-refractivity contribution in [2.75, 3.05) is 6.26 Å². The van der Waals surface area contributed by atoms with Gasteiger partial charge in [-0.2, -0.15) is 0 Å². The number of rotatable bonds is 4. The lowest BCUT2D eigenvalue weighted by molar-refractivity contribution is 0.628. The molecule has 3 aromatic rings. The number of aromatic nitrogens is 1. The molecule has 8 heteroatoms. The van der Waals surface area contributed by atoms with Crippen LogP contribution in [0.15, 0.2) is 39.9 Å². The molecule has 0 aliphatic rings. The summed E-state index contributed by atoms with van der Waals surface area (Å²) < 4.78 is 14.1. The zero-order valence-corrected chi connectivity index (χ0v) is 15.3. The number of halogens is 2. The van der Waals surface area contributed by atoms with Crippen LogP contribution in [0, 0.1) is 11.2 Å². The third kappa shape index (κ3) is 3.74. The molecule has 0 fully saturated rings. The molecule has 0 unspecified atom stereocenters. The molecule has 0 aliphatic carbocycles. The van der Waals surface area contributed by atoms with Gasteiger partial charge in [-0.1, -0.05) is 0 Å². The number of thiophene rings is 1. The van der Waals surface area contributed by atoms with Crippen molar-refractivity contribution in [2.24, 2.45) is 5.73 Å². The van der Waals surface area contributed by atoms with Gasteiger partial charge >= 0.3 is 0 Å². The highest BCUT2D eigenvalue weighted by Crippen LogP contribution is 2.40. The van der Waals surface area contributed by atoms with Gasteiger partial charge in [0, 0.05) is 16.5 Å². The Labute approximate surface area is 151 Å². The smallest absolute Gasteiger partial charge is 0.133 e. The first-order valence-corrected chi connectivity index (χ1v) is 9.24. The van der Waals surface area contributed by atoms with Gasteiger partial charge in [-0.15, -0.1) is 46.8 Å². The van der Waals surface area contributed by atoms with Crippen molar-refractivity contribution < 1.29 is 4.39 Å². The minimum Gasteiger partial charge on any atom is -0.383 e. The van der Waals surface area contributed by atoms with Crippen LogP contribution >= 0.6 is 46.8 Å². The van der Waals surface area contributed by atoms with E-state index >= 15 is 0 Å². The van der Waals surface area contributed by atoms with Crippen LogP contribution in [0.25, 0.3) is 21.8 Å². The third-order valence-corrected chi connectivity index (χ3v) is 6.20. The van der Waals surface area contributed by atoms with Crippen molar-refractivity contribution in [1.29, 1.82) is 5.41 Å². The average molecular weight is 386 g/mol. The van der Waals surface area contributed by atoms with E-state index in [9.17, 15) is 4.39 Å². The lowest BCUT2D eigenvalue weighted by Crippen LogP contribution is -2.08. The Hall–Kier alpha value is -1.41. The SMILES string of the molecule is CSc1sc(C(=N)N)cc1-c1nc(-c2ccc(F)cc2)cs1.Cl. The molecule has 0 spiro atoms. The van der Waals surface area contributed by atoms with E-state index in [1.54, 1.807) is 23.9 Å². The van der Waals surface area contributed by atoms with E-state index < -0.39 is 0 Å². The second-order valence-electron chi connectivity index (χ2n) is 4.47. The molecule has 0 saturated carbocycles. The van der Waals surface area contributed by atoms with E-state index in [0.29, 0.717) is 0 Å². The number of hydrogen-bond acceptors (Lipinski definition) is 5. The summed E-state index contributed by atoms with van der Waals surface area (Å²) in [5, 5.41) is 10.4. The lowest BCUT2D eigenvalue weighted by Gasteiger charge is -1.97. The maximum Gasteiger partial charge on any atom is 0.133 e. The van der Waals surface area contributed by atoms with E-state index in [4.69, 9.17) is 11.1 Å². The van der Waals surface area contributed by atoms with Crippen molar-refractivity contribution in [3.05, 3.63) is 46.4 Å². The van der Waals surface area contributed by atoms with E-state index in [-0.39, 0.29) is 24.1 Å². The molecule has 0 atom stereocenters. The van der Waals surface area contributed by atoms with Crippen LogP contribution in [0.5, 0.6) is 0 Å². The summed E-state index contributed by atoms with van der Waals surface area (Å²) in [5.41, 5.74) is 8.28. The highest BCUT2D eigenvalue weighted by atomic mass is 35.5. The van der Waals surface area contributed by atoms with Crippen LogP contribution in [-0.4, -0.2) is 17.1 Å². The predicted molar refractivity (Wildman–Crippen MR) is 101 cm³/mol. The highest BCUT2D eigenvalue weighted by Gasteiger charge is 2.15. The van der Waals surface area contributed by atoms with Gasteiger partial charge in [0.2, 0.25) is 0 Å². The van der Waals surface area contributed by atoms with Crippen LogP contribution in [0.4, 0.5) is 4.39 Å². The summed E-state index contributed by atoms with van der Waals surface area (Å²) in [4.78, 5) is 5.39. The van der Waals surface area contributed by atoms with E-state index in [1.807, 2.05) is 17.7 Å². The fraction of sp³-hybridized carbons (Fsp3) is 0.0667. The summed E-state index contributed by atoms with van der Waals surface area (Å²) in [6, 6.07) is 8.21. The Morgan fingerprint density at radius 3 is 2.61 bits per heavy atom. The molecule has 23 heavy (non-hydrogen) atoms. The van der Waals surface area contributed by atoms with Gasteiger partial charge in [-0.05, 0) is 36.6 Å². The number of hydrogen-bond donors (Lipinski definition) is 2. The zero-order chi connectivity index (χ0) is 15.7. The summed E-state index contributed by atoms with van der Waals surface area (Å²) in [7, 11) is 0. The first-order valence-electron chi connectivity index (χ1n) is 6.32. The largest absolute Gasteiger partial charge is 0.383 e. The molecular formula is C15H13ClFN3S3. The van der Waals surface area contributed by atoms with Crippen LogP contribution in [0.2, 0.25) is 0 Å². The van der Waals surface area contributed by atoms with Gasteiger partial charge in [-0.25, -0.2) is 9.37 Å². The zero-order valence-electron chi connectivity index (χ0n) is 12.0. The maximum atomic E-state index is 13.0. The number of nitrogens with two attached hydrogens (primary N) is 1. The molecule has 120 valence electrons. The molecule has 1 aromatic carbocycles. The number of benzene rings is 1. The monoisotopic (exact) mass is 385 g/mol. The third-order valence-electron chi connectivity index (χ3n) is 3.02. The van der Waals surface area contributed by atoms with Crippen LogP contribution < -0.4 is 5.73 Å². The molecule has 0 aliphatic heterocycles. The van der Waals surface area contributed by atoms with E-state index in [0.717, 1.165) is 30.9 Å². The molecule has 2 heterocycles. The average Bonchev–Trinajstić information content (AvgIpc) is 3.14. The Balaban J connectivity index is 0.00000192. The lowest BCUT2D eigenvalue weighted by atomic mass is 10.2. The molecule has 0 saturated heterocycles. The Morgan fingerprint density at radius 1 is 1.30 bits per heavy atom. The van der Waals surface area contributed by atoms with Gasteiger partial charge in [0.05, 0.1) is 14.8 Å². The minimum absolute atomic E-state index is 0. The van der Waals surface area contributed by atoms with Crippen LogP contribution in [-0.2, 0) is 0 Å². The molecular weight excluding hydrogens is 373 g/mol. The molecule has 3 N–H and O–H groups in total. The molecule has 3 rings (SSSR count). The normalized spacial score (nSPS) is 10.3. The van der Waals surface area contributed by atoms with Gasteiger partial charge in [0.1, 0.15) is 16.7 Å². The number of nitrogens with zero attached hydrogens (tertiary/aromatic N) is 1. The van der Waals surface area contributed by atoms with E-state index in [1.165, 1.54) is 34.8 Å². The first kappa shape index (κ1) is 17.9. The van der Waals surface area contributed by atoms with Crippen molar-refractivity contribution in [3.63, 3.8) is 0 Å². The number of nitrogens with one attached hydrogen (secondary N) is 1. The standard InChI is InChI=1S/C15H12FN3S3.ClH/c1-20-15-10(6-12(22-15)13(17)18)14-19-11(7-21-14)8-2-4-9(16)5-3-8;/h2-7H,1H3,(H3,17,18);1H. The summed E-state index contributed by atoms with van der Waals surface area (Å²) in [6.07, 6.45) is 1.99. The van der Waals surface area contributed by atoms with Crippen molar-refractivity contribution in [3.8, 4) is 21.8 Å². The number of nitrogen functional groups attached to an aromatic ring is 1.